The summed E-state index contributed by atoms with van der Waals surface area (Å²) in [4.78, 5) is 32.1. The van der Waals surface area contributed by atoms with Crippen molar-refractivity contribution in [3.63, 3.8) is 0 Å². The average molecular weight is 914 g/mol. The van der Waals surface area contributed by atoms with Gasteiger partial charge in [-0.05, 0) is 46.9 Å². The molecule has 0 bridgehead atoms. The van der Waals surface area contributed by atoms with E-state index in [-0.39, 0.29) is 27.4 Å². The lowest BCUT2D eigenvalue weighted by molar-refractivity contribution is -0.385. The van der Waals surface area contributed by atoms with Crippen molar-refractivity contribution in [2.45, 2.75) is 0 Å². The summed E-state index contributed by atoms with van der Waals surface area (Å²) in [6, 6.07) is 40.9. The first-order valence-corrected chi connectivity index (χ1v) is 18.8. The van der Waals surface area contributed by atoms with Crippen LogP contribution in [0.1, 0.15) is 0 Å². The first-order valence-electron chi connectivity index (χ1n) is 17.7. The fourth-order valence-electron chi connectivity index (χ4n) is 6.73. The molecule has 15 nitrogen and oxygen atoms in total. The normalized spacial score (nSPS) is 10.7. The van der Waals surface area contributed by atoms with Crippen molar-refractivity contribution >= 4 is 104 Å². The Morgan fingerprint density at radius 3 is 1.37 bits per heavy atom. The first-order chi connectivity index (χ1) is 29.0. The van der Waals surface area contributed by atoms with Gasteiger partial charge < -0.3 is 28.6 Å². The maximum absolute atomic E-state index is 11.6. The number of fused-ring (bicyclic) bond motifs is 6. The van der Waals surface area contributed by atoms with Crippen LogP contribution in [0.3, 0.4) is 0 Å². The number of nitro benzene ring substituents is 3. The fraction of sp³-hybridized carbons (Fsp3) is 0. The Hall–Kier alpha value is -7.12. The van der Waals surface area contributed by atoms with Gasteiger partial charge in [-0.25, -0.2) is 0 Å². The van der Waals surface area contributed by atoms with Crippen molar-refractivity contribution in [1.29, 1.82) is 0 Å². The second-order valence-corrected chi connectivity index (χ2v) is 13.9. The number of nitro groups is 3. The van der Waals surface area contributed by atoms with Crippen molar-refractivity contribution in [1.82, 2.24) is 0 Å². The number of halogens is 1. The number of benzene rings is 7. The van der Waals surface area contributed by atoms with Crippen LogP contribution in [0.4, 0.5) is 17.1 Å². The summed E-state index contributed by atoms with van der Waals surface area (Å²) in [6.07, 6.45) is 0. The molecule has 60 heavy (non-hydrogen) atoms. The number of hydrogen-bond donors (Lipinski definition) is 3. The van der Waals surface area contributed by atoms with Gasteiger partial charge in [0, 0.05) is 56.3 Å². The Kier molecular flexibility index (Phi) is 12.2. The third kappa shape index (κ3) is 8.12. The molecule has 0 aliphatic heterocycles. The number of hydrogen-bond acceptors (Lipinski definition) is 12. The molecule has 0 aliphatic rings. The highest BCUT2D eigenvalue weighted by Crippen LogP contribution is 2.43. The van der Waals surface area contributed by atoms with E-state index in [4.69, 9.17) is 18.5 Å². The van der Waals surface area contributed by atoms with E-state index in [1.807, 2.05) is 59.0 Å². The second kappa shape index (κ2) is 17.8. The van der Waals surface area contributed by atoms with E-state index in [0.717, 1.165) is 21.5 Å². The van der Waals surface area contributed by atoms with Crippen molar-refractivity contribution in [3.8, 4) is 28.0 Å². The summed E-state index contributed by atoms with van der Waals surface area (Å²) < 4.78 is 17.5. The van der Waals surface area contributed by atoms with Crippen LogP contribution in [-0.4, -0.2) is 44.6 Å². The lowest BCUT2D eigenvalue weighted by Crippen LogP contribution is -2.29. The van der Waals surface area contributed by atoms with E-state index in [0.29, 0.717) is 61.6 Å². The summed E-state index contributed by atoms with van der Waals surface area (Å²) in [5.74, 6) is 0.356. The van der Waals surface area contributed by atoms with Gasteiger partial charge in [0.2, 0.25) is 0 Å². The average Bonchev–Trinajstić information content (AvgIpc) is 3.84. The Labute approximate surface area is 353 Å². The van der Waals surface area contributed by atoms with E-state index < -0.39 is 17.0 Å². The largest absolute Gasteiger partial charge is 0.569 e. The predicted octanol–water partition coefficient (Wildman–Crippen LogP) is 9.11. The molecule has 0 unspecified atom stereocenters. The highest BCUT2D eigenvalue weighted by atomic mass is 127. The third-order valence-corrected chi connectivity index (χ3v) is 10.2. The molecule has 295 valence electrons. The maximum atomic E-state index is 11.6. The smallest absolute Gasteiger partial charge is 0.535 e. The molecule has 0 aliphatic carbocycles. The van der Waals surface area contributed by atoms with Crippen LogP contribution < -0.4 is 10.1 Å². The zero-order chi connectivity index (χ0) is 42.5. The predicted molar refractivity (Wildman–Crippen MR) is 236 cm³/mol. The van der Waals surface area contributed by atoms with Crippen LogP contribution in [0.5, 0.6) is 5.75 Å². The van der Waals surface area contributed by atoms with Crippen LogP contribution >= 0.6 is 22.6 Å². The van der Waals surface area contributed by atoms with E-state index in [1.54, 1.807) is 91.0 Å². The number of furan rings is 2. The molecule has 7 aromatic carbocycles. The van der Waals surface area contributed by atoms with Crippen LogP contribution in [0, 0.1) is 33.9 Å². The Bertz CT molecular complexity index is 2970. The minimum Gasteiger partial charge on any atom is -0.535 e. The summed E-state index contributed by atoms with van der Waals surface area (Å²) >= 11 is 1.93. The van der Waals surface area contributed by atoms with Gasteiger partial charge in [-0.3, -0.25) is 30.3 Å². The topological polar surface area (TPSA) is 226 Å². The van der Waals surface area contributed by atoms with Crippen LogP contribution in [0.15, 0.2) is 154 Å². The molecule has 2 aromatic heterocycles. The molecule has 2 heterocycles. The third-order valence-electron chi connectivity index (χ3n) is 9.33. The highest BCUT2D eigenvalue weighted by Gasteiger charge is 2.23. The van der Waals surface area contributed by atoms with Gasteiger partial charge in [0.05, 0.1) is 29.5 Å². The van der Waals surface area contributed by atoms with E-state index in [2.05, 4.69) is 0 Å². The van der Waals surface area contributed by atoms with Gasteiger partial charge in [-0.2, -0.15) is 0 Å². The SMILES string of the molecule is O=[N+]([O-])c1ccccc1-c1cccc2c1oc1c(-c3ccccc3[N+](=O)[O-])cccc12.O=[N+]([O-])c1ccccc1I.O[B]Oc1cccc2c1oc1c(B(O)O)cccc12. The number of nitrogens with zero attached hydrogens (tertiary/aromatic N) is 3. The Morgan fingerprint density at radius 1 is 0.500 bits per heavy atom. The quantitative estimate of drug-likeness (QED) is 0.0562. The molecule has 0 saturated heterocycles. The van der Waals surface area contributed by atoms with Gasteiger partial charge in [-0.1, -0.05) is 103 Å². The van der Waals surface area contributed by atoms with Crippen molar-refractivity contribution < 1.29 is 43.3 Å². The molecule has 0 spiro atoms. The highest BCUT2D eigenvalue weighted by molar-refractivity contribution is 14.1. The van der Waals surface area contributed by atoms with Crippen LogP contribution in [-0.2, 0) is 0 Å². The van der Waals surface area contributed by atoms with Gasteiger partial charge in [-0.15, -0.1) is 0 Å². The fourth-order valence-corrected chi connectivity index (χ4v) is 7.32. The monoisotopic (exact) mass is 914 g/mol. The first kappa shape index (κ1) is 41.1. The summed E-state index contributed by atoms with van der Waals surface area (Å²) in [7, 11) is -1.04. The summed E-state index contributed by atoms with van der Waals surface area (Å²) in [5.41, 5.74) is 4.32. The minimum atomic E-state index is -1.61. The molecular weight excluding hydrogens is 887 g/mol. The molecule has 0 amide bonds. The zero-order valence-electron chi connectivity index (χ0n) is 30.7. The van der Waals surface area contributed by atoms with E-state index >= 15 is 0 Å². The van der Waals surface area contributed by atoms with Crippen LogP contribution in [0.2, 0.25) is 0 Å². The standard InChI is InChI=1S/C24H14N2O5.C12H9B2O5.C6H4INO2/c27-25(28)21-13-3-1-7-15(21)17-9-5-11-19-20-12-6-10-18(24(20)31-23(17)19)16-8-2-4-14-22(16)26(29)30;15-13-19-10-6-2-4-8-7-3-1-5-9(14(16)17)11(7)18-12(8)10;7-5-3-1-2-4-6(5)8(9)10/h1-14H;1-6,15-17H;1-4H. The molecule has 9 aromatic rings. The molecule has 3 N–H and O–H groups in total. The Morgan fingerprint density at radius 2 is 0.900 bits per heavy atom. The maximum Gasteiger partial charge on any atom is 0.569 e. The molecule has 1 radical (unpaired) electrons. The molecule has 0 saturated carbocycles. The minimum absolute atomic E-state index is 0.0191. The van der Waals surface area contributed by atoms with Crippen molar-refractivity contribution in [2.75, 3.05) is 0 Å². The molecular formula is C42H27B2IN3O12. The van der Waals surface area contributed by atoms with E-state index in [1.165, 1.54) is 18.2 Å². The van der Waals surface area contributed by atoms with Gasteiger partial charge in [0.1, 0.15) is 22.5 Å². The van der Waals surface area contributed by atoms with E-state index in [9.17, 15) is 40.4 Å². The van der Waals surface area contributed by atoms with Crippen LogP contribution in [0.25, 0.3) is 66.1 Å². The van der Waals surface area contributed by atoms with Crippen molar-refractivity contribution in [3.05, 3.63) is 180 Å². The summed E-state index contributed by atoms with van der Waals surface area (Å²) in [6.45, 7) is 0. The van der Waals surface area contributed by atoms with Gasteiger partial charge in [0.25, 0.3) is 17.1 Å². The Balaban J connectivity index is 0.000000158. The number of para-hydroxylation sites is 7. The lowest BCUT2D eigenvalue weighted by Gasteiger charge is -2.04. The number of rotatable bonds is 8. The molecule has 18 heteroatoms. The van der Waals surface area contributed by atoms with Gasteiger partial charge >= 0.3 is 14.8 Å². The van der Waals surface area contributed by atoms with Gasteiger partial charge in [0.15, 0.2) is 5.58 Å². The summed E-state index contributed by atoms with van der Waals surface area (Å²) in [5, 5.41) is 63.8. The lowest BCUT2D eigenvalue weighted by atomic mass is 9.79. The molecule has 9 rings (SSSR count). The zero-order valence-corrected chi connectivity index (χ0v) is 32.9. The second-order valence-electron chi connectivity index (χ2n) is 12.8. The molecule has 0 atom stereocenters. The van der Waals surface area contributed by atoms with Crippen molar-refractivity contribution in [2.24, 2.45) is 0 Å². The molecule has 0 fully saturated rings.